The molecule has 0 saturated heterocycles. The van der Waals surface area contributed by atoms with Gasteiger partial charge in [-0.2, -0.15) is 0 Å². The van der Waals surface area contributed by atoms with E-state index < -0.39 is 5.41 Å². The molecule has 2 rings (SSSR count). The van der Waals surface area contributed by atoms with Crippen molar-refractivity contribution in [3.05, 3.63) is 53.6 Å². The number of nitrogens with one attached hydrogen (secondary N) is 3. The molecule has 0 aromatic heterocycles. The fraction of sp³-hybridized carbons (Fsp3) is 0.333. The monoisotopic (exact) mass is 353 g/mol. The Morgan fingerprint density at radius 2 is 1.46 bits per heavy atom. The third-order valence-corrected chi connectivity index (χ3v) is 3.76. The lowest BCUT2D eigenvalue weighted by Crippen LogP contribution is -2.27. The van der Waals surface area contributed by atoms with Gasteiger partial charge in [0.15, 0.2) is 0 Å². The van der Waals surface area contributed by atoms with E-state index in [2.05, 4.69) is 22.0 Å². The maximum atomic E-state index is 12.2. The average Bonchev–Trinajstić information content (AvgIpc) is 2.51. The lowest BCUT2D eigenvalue weighted by molar-refractivity contribution is -0.123. The van der Waals surface area contributed by atoms with Crippen LogP contribution in [0.15, 0.2) is 42.5 Å². The molecule has 0 saturated carbocycles. The Morgan fingerprint density at radius 1 is 0.846 bits per heavy atom. The van der Waals surface area contributed by atoms with Crippen LogP contribution in [0, 0.1) is 19.3 Å². The van der Waals surface area contributed by atoms with Crippen molar-refractivity contribution in [3.63, 3.8) is 0 Å². The molecule has 0 atom stereocenters. The minimum Gasteiger partial charge on any atom is -0.376 e. The van der Waals surface area contributed by atoms with Crippen LogP contribution in [0.3, 0.4) is 0 Å². The van der Waals surface area contributed by atoms with E-state index in [0.29, 0.717) is 5.69 Å². The van der Waals surface area contributed by atoms with Crippen molar-refractivity contribution in [2.75, 3.05) is 22.5 Å². The van der Waals surface area contributed by atoms with E-state index in [0.717, 1.165) is 22.5 Å². The predicted octanol–water partition coefficient (Wildman–Crippen LogP) is 4.34. The standard InChI is InChI=1S/C21H27N3O2/c1-14-9-15(2)11-18(10-14)23-19(25)13-22-16-7-6-8-17(12-16)24-20(26)21(3,4)5/h6-12,22H,13H2,1-5H3,(H,23,25)(H,24,26). The highest BCUT2D eigenvalue weighted by Crippen LogP contribution is 2.20. The predicted molar refractivity (Wildman–Crippen MR) is 108 cm³/mol. The quantitative estimate of drug-likeness (QED) is 0.749. The number of aryl methyl sites for hydroxylation is 2. The molecule has 138 valence electrons. The van der Waals surface area contributed by atoms with Gasteiger partial charge < -0.3 is 16.0 Å². The number of benzene rings is 2. The van der Waals surface area contributed by atoms with Gasteiger partial charge in [0.05, 0.1) is 6.54 Å². The second-order valence-corrected chi connectivity index (χ2v) is 7.56. The van der Waals surface area contributed by atoms with Gasteiger partial charge in [-0.25, -0.2) is 0 Å². The van der Waals surface area contributed by atoms with E-state index in [1.165, 1.54) is 0 Å². The minimum atomic E-state index is -0.463. The molecule has 0 unspecified atom stereocenters. The summed E-state index contributed by atoms with van der Waals surface area (Å²) in [6.07, 6.45) is 0. The second kappa shape index (κ2) is 8.04. The van der Waals surface area contributed by atoms with Crippen molar-refractivity contribution in [3.8, 4) is 0 Å². The summed E-state index contributed by atoms with van der Waals surface area (Å²) in [4.78, 5) is 24.2. The molecule has 5 heteroatoms. The van der Waals surface area contributed by atoms with Crippen LogP contribution in [-0.2, 0) is 9.59 Å². The van der Waals surface area contributed by atoms with Crippen LogP contribution in [0.4, 0.5) is 17.1 Å². The lowest BCUT2D eigenvalue weighted by Gasteiger charge is -2.18. The molecule has 0 radical (unpaired) electrons. The molecule has 2 aromatic carbocycles. The number of hydrogen-bond acceptors (Lipinski definition) is 3. The molecule has 0 aliphatic heterocycles. The first-order valence-corrected chi connectivity index (χ1v) is 8.67. The molecule has 0 aliphatic rings. The van der Waals surface area contributed by atoms with Crippen molar-refractivity contribution in [2.24, 2.45) is 5.41 Å². The first-order valence-electron chi connectivity index (χ1n) is 8.67. The average molecular weight is 353 g/mol. The zero-order valence-electron chi connectivity index (χ0n) is 16.1. The van der Waals surface area contributed by atoms with Crippen LogP contribution in [-0.4, -0.2) is 18.4 Å². The fourth-order valence-corrected chi connectivity index (χ4v) is 2.46. The highest BCUT2D eigenvalue weighted by Gasteiger charge is 2.21. The van der Waals surface area contributed by atoms with E-state index >= 15 is 0 Å². The van der Waals surface area contributed by atoms with Gasteiger partial charge in [0.25, 0.3) is 0 Å². The summed E-state index contributed by atoms with van der Waals surface area (Å²) < 4.78 is 0. The molecule has 0 bridgehead atoms. The Hall–Kier alpha value is -2.82. The van der Waals surface area contributed by atoms with Crippen LogP contribution < -0.4 is 16.0 Å². The third-order valence-electron chi connectivity index (χ3n) is 3.76. The van der Waals surface area contributed by atoms with Crippen molar-refractivity contribution in [2.45, 2.75) is 34.6 Å². The topological polar surface area (TPSA) is 70.2 Å². The van der Waals surface area contributed by atoms with Gasteiger partial charge in [-0.3, -0.25) is 9.59 Å². The van der Waals surface area contributed by atoms with Gasteiger partial charge in [-0.1, -0.05) is 32.9 Å². The van der Waals surface area contributed by atoms with Crippen LogP contribution in [0.5, 0.6) is 0 Å². The molecular weight excluding hydrogens is 326 g/mol. The van der Waals surface area contributed by atoms with Crippen LogP contribution in [0.2, 0.25) is 0 Å². The van der Waals surface area contributed by atoms with E-state index in [4.69, 9.17) is 0 Å². The molecule has 3 N–H and O–H groups in total. The minimum absolute atomic E-state index is 0.0535. The number of carbonyl (C=O) groups is 2. The molecule has 0 heterocycles. The highest BCUT2D eigenvalue weighted by molar-refractivity contribution is 5.95. The van der Waals surface area contributed by atoms with Gasteiger partial charge in [-0.15, -0.1) is 0 Å². The van der Waals surface area contributed by atoms with Crippen molar-refractivity contribution in [1.29, 1.82) is 0 Å². The Balaban J connectivity index is 1.93. The fourth-order valence-electron chi connectivity index (χ4n) is 2.46. The van der Waals surface area contributed by atoms with Crippen molar-refractivity contribution >= 4 is 28.9 Å². The lowest BCUT2D eigenvalue weighted by atomic mass is 9.95. The summed E-state index contributed by atoms with van der Waals surface area (Å²) in [7, 11) is 0. The molecule has 0 aliphatic carbocycles. The zero-order chi connectivity index (χ0) is 19.3. The van der Waals surface area contributed by atoms with Crippen LogP contribution >= 0.6 is 0 Å². The van der Waals surface area contributed by atoms with Gasteiger partial charge in [0.2, 0.25) is 11.8 Å². The van der Waals surface area contributed by atoms with E-state index in [1.54, 1.807) is 0 Å². The van der Waals surface area contributed by atoms with Gasteiger partial charge in [-0.05, 0) is 55.3 Å². The van der Waals surface area contributed by atoms with Crippen LogP contribution in [0.25, 0.3) is 0 Å². The smallest absolute Gasteiger partial charge is 0.243 e. The molecule has 26 heavy (non-hydrogen) atoms. The summed E-state index contributed by atoms with van der Waals surface area (Å²) in [6, 6.07) is 13.3. The summed E-state index contributed by atoms with van der Waals surface area (Å²) in [5.41, 5.74) is 4.01. The maximum Gasteiger partial charge on any atom is 0.243 e. The third kappa shape index (κ3) is 5.92. The molecule has 5 nitrogen and oxygen atoms in total. The summed E-state index contributed by atoms with van der Waals surface area (Å²) in [5.74, 6) is -0.179. The van der Waals surface area contributed by atoms with Crippen molar-refractivity contribution in [1.82, 2.24) is 0 Å². The second-order valence-electron chi connectivity index (χ2n) is 7.56. The SMILES string of the molecule is Cc1cc(C)cc(NC(=O)CNc2cccc(NC(=O)C(C)(C)C)c2)c1. The van der Waals surface area contributed by atoms with Gasteiger partial charge in [0, 0.05) is 22.5 Å². The molecule has 2 amide bonds. The van der Waals surface area contributed by atoms with Crippen molar-refractivity contribution < 1.29 is 9.59 Å². The summed E-state index contributed by atoms with van der Waals surface area (Å²) in [6.45, 7) is 9.73. The number of carbonyl (C=O) groups excluding carboxylic acids is 2. The van der Waals surface area contributed by atoms with E-state index in [1.807, 2.05) is 71.0 Å². The molecule has 2 aromatic rings. The number of anilines is 3. The van der Waals surface area contributed by atoms with Crippen LogP contribution in [0.1, 0.15) is 31.9 Å². The molecule has 0 spiro atoms. The Kier molecular flexibility index (Phi) is 6.03. The van der Waals surface area contributed by atoms with Gasteiger partial charge >= 0.3 is 0 Å². The Bertz CT molecular complexity index is 787. The Morgan fingerprint density at radius 3 is 2.08 bits per heavy atom. The first-order chi connectivity index (χ1) is 12.1. The number of rotatable bonds is 5. The number of hydrogen-bond donors (Lipinski definition) is 3. The van der Waals surface area contributed by atoms with Gasteiger partial charge in [0.1, 0.15) is 0 Å². The highest BCUT2D eigenvalue weighted by atomic mass is 16.2. The maximum absolute atomic E-state index is 12.2. The largest absolute Gasteiger partial charge is 0.376 e. The Labute approximate surface area is 155 Å². The zero-order valence-corrected chi connectivity index (χ0v) is 16.1. The first kappa shape index (κ1) is 19.5. The molecular formula is C21H27N3O2. The van der Waals surface area contributed by atoms with E-state index in [-0.39, 0.29) is 18.4 Å². The molecule has 0 fully saturated rings. The van der Waals surface area contributed by atoms with E-state index in [9.17, 15) is 9.59 Å². The number of amides is 2. The normalized spacial score (nSPS) is 11.0. The summed E-state index contributed by atoms with van der Waals surface area (Å²) in [5, 5.41) is 8.86. The summed E-state index contributed by atoms with van der Waals surface area (Å²) >= 11 is 0.